The highest BCUT2D eigenvalue weighted by atomic mass is 32.1. The molecule has 4 rings (SSSR count). The van der Waals surface area contributed by atoms with Crippen LogP contribution in [0.1, 0.15) is 4.88 Å². The first kappa shape index (κ1) is 15.8. The fourth-order valence-corrected chi connectivity index (χ4v) is 3.74. The van der Waals surface area contributed by atoms with E-state index in [0.29, 0.717) is 18.4 Å². The fraction of sp³-hybridized carbons (Fsp3) is 0.333. The number of anilines is 4. The van der Waals surface area contributed by atoms with Gasteiger partial charge in [-0.1, -0.05) is 0 Å². The van der Waals surface area contributed by atoms with Gasteiger partial charge in [-0.15, -0.1) is 11.3 Å². The molecule has 0 unspecified atom stereocenters. The van der Waals surface area contributed by atoms with Crippen molar-refractivity contribution in [3.8, 4) is 11.3 Å². The molecule has 4 heterocycles. The summed E-state index contributed by atoms with van der Waals surface area (Å²) in [7, 11) is 1.71. The highest BCUT2D eigenvalue weighted by Crippen LogP contribution is 2.39. The highest BCUT2D eigenvalue weighted by molar-refractivity contribution is 7.16. The second-order valence-corrected chi connectivity index (χ2v) is 6.67. The average molecular weight is 358 g/mol. The lowest BCUT2D eigenvalue weighted by Gasteiger charge is -2.21. The summed E-state index contributed by atoms with van der Waals surface area (Å²) in [6.45, 7) is 2.35. The van der Waals surface area contributed by atoms with Gasteiger partial charge in [-0.25, -0.2) is 9.97 Å². The van der Waals surface area contributed by atoms with Crippen molar-refractivity contribution in [2.45, 2.75) is 6.42 Å². The number of nitrogens with one attached hydrogen (secondary N) is 2. The maximum absolute atomic E-state index is 5.70. The third-order valence-corrected chi connectivity index (χ3v) is 4.99. The number of hydrogen-bond donors (Lipinski definition) is 3. The number of methoxy groups -OCH3 is 1. The minimum atomic E-state index is 0.418. The zero-order valence-electron chi connectivity index (χ0n) is 13.7. The molecule has 3 aromatic rings. The van der Waals surface area contributed by atoms with Crippen LogP contribution < -0.4 is 16.0 Å². The minimum Gasteiger partial charge on any atom is -0.384 e. The summed E-state index contributed by atoms with van der Waals surface area (Å²) < 4.78 is 5.21. The Morgan fingerprint density at radius 1 is 1.44 bits per heavy atom. The van der Waals surface area contributed by atoms with E-state index in [-0.39, 0.29) is 0 Å². The van der Waals surface area contributed by atoms with Crippen LogP contribution in [0.25, 0.3) is 11.3 Å². The Morgan fingerprint density at radius 3 is 3.20 bits per heavy atom. The Labute approximate surface area is 148 Å². The predicted octanol–water partition coefficient (Wildman–Crippen LogP) is 1.66. The number of rotatable bonds is 5. The van der Waals surface area contributed by atoms with Crippen molar-refractivity contribution in [2.24, 2.45) is 0 Å². The molecule has 25 heavy (non-hydrogen) atoms. The van der Waals surface area contributed by atoms with Gasteiger partial charge in [0.15, 0.2) is 5.13 Å². The molecule has 1 aliphatic heterocycles. The molecular weight excluding hydrogens is 340 g/mol. The molecule has 1 aliphatic rings. The van der Waals surface area contributed by atoms with Crippen LogP contribution in [-0.2, 0) is 11.2 Å². The Kier molecular flexibility index (Phi) is 4.20. The average Bonchev–Trinajstić information content (AvgIpc) is 3.19. The van der Waals surface area contributed by atoms with Gasteiger partial charge in [0, 0.05) is 37.7 Å². The van der Waals surface area contributed by atoms with E-state index >= 15 is 0 Å². The number of aromatic nitrogens is 5. The van der Waals surface area contributed by atoms with E-state index in [1.165, 1.54) is 4.88 Å². The monoisotopic (exact) mass is 358 g/mol. The van der Waals surface area contributed by atoms with Gasteiger partial charge >= 0.3 is 0 Å². The van der Waals surface area contributed by atoms with Crippen LogP contribution in [0.4, 0.5) is 22.7 Å². The maximum atomic E-state index is 5.70. The largest absolute Gasteiger partial charge is 0.384 e. The summed E-state index contributed by atoms with van der Waals surface area (Å²) in [5.74, 6) is 1.84. The zero-order valence-corrected chi connectivity index (χ0v) is 14.5. The third-order valence-electron chi connectivity index (χ3n) is 3.96. The molecule has 0 spiro atoms. The van der Waals surface area contributed by atoms with Crippen LogP contribution in [0.2, 0.25) is 0 Å². The van der Waals surface area contributed by atoms with Crippen molar-refractivity contribution in [1.82, 2.24) is 25.1 Å². The second-order valence-electron chi connectivity index (χ2n) is 5.58. The molecule has 3 aromatic heterocycles. The maximum Gasteiger partial charge on any atom is 0.230 e. The summed E-state index contributed by atoms with van der Waals surface area (Å²) in [6, 6.07) is 1.65. The Morgan fingerprint density at radius 2 is 2.36 bits per heavy atom. The molecular formula is C15H18N8OS. The molecule has 9 nitrogen and oxygen atoms in total. The van der Waals surface area contributed by atoms with Crippen molar-refractivity contribution in [3.05, 3.63) is 23.3 Å². The normalized spacial score (nSPS) is 13.2. The summed E-state index contributed by atoms with van der Waals surface area (Å²) in [5, 5.41) is 11.2. The number of nitrogens with two attached hydrogens (primary N) is 1. The molecule has 0 atom stereocenters. The first-order chi connectivity index (χ1) is 12.2. The van der Waals surface area contributed by atoms with Gasteiger partial charge in [0.2, 0.25) is 5.95 Å². The standard InChI is InChI=1S/C15H18N8OS/c1-24-7-6-23-5-3-10-12(9-8-18-22-13(9)23)20-15(25-10)21-14-17-4-2-11(16)19-14/h2,4,8H,3,5-7H2,1H3,(H,18,22)(H3,16,17,19,20,21). The molecule has 10 heteroatoms. The smallest absolute Gasteiger partial charge is 0.230 e. The molecule has 0 bridgehead atoms. The SMILES string of the molecule is COCCN1CCc2sc(Nc3nccc(N)n3)nc2-c2cn[nH]c21. The fourth-order valence-electron chi connectivity index (χ4n) is 2.78. The van der Waals surface area contributed by atoms with Crippen molar-refractivity contribution in [2.75, 3.05) is 42.8 Å². The first-order valence-corrected chi connectivity index (χ1v) is 8.69. The number of nitrogens with zero attached hydrogens (tertiary/aromatic N) is 5. The number of hydrogen-bond acceptors (Lipinski definition) is 9. The van der Waals surface area contributed by atoms with E-state index in [1.54, 1.807) is 30.7 Å². The minimum absolute atomic E-state index is 0.418. The zero-order chi connectivity index (χ0) is 17.2. The first-order valence-electron chi connectivity index (χ1n) is 7.87. The third kappa shape index (κ3) is 3.13. The van der Waals surface area contributed by atoms with Crippen LogP contribution in [0.3, 0.4) is 0 Å². The molecule has 0 radical (unpaired) electrons. The van der Waals surface area contributed by atoms with Crippen LogP contribution >= 0.6 is 11.3 Å². The topological polar surface area (TPSA) is 118 Å². The van der Waals surface area contributed by atoms with E-state index in [4.69, 9.17) is 15.5 Å². The Bertz CT molecular complexity index is 876. The molecule has 0 aliphatic carbocycles. The van der Waals surface area contributed by atoms with Gasteiger partial charge in [-0.2, -0.15) is 10.1 Å². The molecule has 4 N–H and O–H groups in total. The Hall–Kier alpha value is -2.72. The number of aromatic amines is 1. The number of H-pyrrole nitrogens is 1. The predicted molar refractivity (Wildman–Crippen MR) is 97.2 cm³/mol. The van der Waals surface area contributed by atoms with Crippen LogP contribution in [0.15, 0.2) is 18.5 Å². The second kappa shape index (κ2) is 6.65. The molecule has 0 aromatic carbocycles. The van der Waals surface area contributed by atoms with Crippen molar-refractivity contribution in [1.29, 1.82) is 0 Å². The van der Waals surface area contributed by atoms with Gasteiger partial charge in [0.25, 0.3) is 0 Å². The van der Waals surface area contributed by atoms with Crippen LogP contribution in [0.5, 0.6) is 0 Å². The summed E-state index contributed by atoms with van der Waals surface area (Å²) in [4.78, 5) is 16.5. The number of fused-ring (bicyclic) bond motifs is 3. The van der Waals surface area contributed by atoms with E-state index in [0.717, 1.165) is 41.7 Å². The lowest BCUT2D eigenvalue weighted by molar-refractivity contribution is 0.205. The van der Waals surface area contributed by atoms with E-state index < -0.39 is 0 Å². The summed E-state index contributed by atoms with van der Waals surface area (Å²) in [6.07, 6.45) is 4.34. The number of nitrogen functional groups attached to an aromatic ring is 1. The Balaban J connectivity index is 1.63. The van der Waals surface area contributed by atoms with Crippen molar-refractivity contribution < 1.29 is 4.74 Å². The summed E-state index contributed by atoms with van der Waals surface area (Å²) >= 11 is 1.60. The summed E-state index contributed by atoms with van der Waals surface area (Å²) in [5.41, 5.74) is 7.64. The number of thiazole rings is 1. The molecule has 0 saturated heterocycles. The molecule has 0 saturated carbocycles. The molecule has 0 fully saturated rings. The highest BCUT2D eigenvalue weighted by Gasteiger charge is 2.25. The van der Waals surface area contributed by atoms with E-state index in [9.17, 15) is 0 Å². The quantitative estimate of drug-likeness (QED) is 0.630. The van der Waals surface area contributed by atoms with Gasteiger partial charge < -0.3 is 15.4 Å². The van der Waals surface area contributed by atoms with Crippen LogP contribution in [-0.4, -0.2) is 52.0 Å². The molecule has 130 valence electrons. The number of ether oxygens (including phenoxy) is 1. The lowest BCUT2D eigenvalue weighted by Crippen LogP contribution is -2.29. The van der Waals surface area contributed by atoms with Gasteiger partial charge in [-0.05, 0) is 6.07 Å². The van der Waals surface area contributed by atoms with E-state index in [2.05, 4.69) is 30.4 Å². The van der Waals surface area contributed by atoms with E-state index in [1.807, 2.05) is 6.20 Å². The van der Waals surface area contributed by atoms with Crippen molar-refractivity contribution in [3.63, 3.8) is 0 Å². The van der Waals surface area contributed by atoms with Gasteiger partial charge in [-0.3, -0.25) is 10.4 Å². The van der Waals surface area contributed by atoms with Crippen molar-refractivity contribution >= 4 is 34.1 Å². The van der Waals surface area contributed by atoms with Gasteiger partial charge in [0.1, 0.15) is 11.6 Å². The van der Waals surface area contributed by atoms with Gasteiger partial charge in [0.05, 0.1) is 24.1 Å². The van der Waals surface area contributed by atoms with Crippen LogP contribution in [0, 0.1) is 0 Å². The lowest BCUT2D eigenvalue weighted by atomic mass is 10.2. The molecule has 0 amide bonds.